The van der Waals surface area contributed by atoms with Gasteiger partial charge < -0.3 is 0 Å². The lowest BCUT2D eigenvalue weighted by atomic mass is 10.1. The highest BCUT2D eigenvalue weighted by molar-refractivity contribution is 5.20. The van der Waals surface area contributed by atoms with Gasteiger partial charge in [0.1, 0.15) is 0 Å². The molecule has 4 heteroatoms. The van der Waals surface area contributed by atoms with E-state index in [1.807, 2.05) is 13.2 Å². The van der Waals surface area contributed by atoms with E-state index in [1.165, 1.54) is 0 Å². The van der Waals surface area contributed by atoms with Gasteiger partial charge in [0.2, 0.25) is 0 Å². The highest BCUT2D eigenvalue weighted by Gasteiger charge is 2.12. The molecule has 0 amide bonds. The van der Waals surface area contributed by atoms with Gasteiger partial charge in [-0.3, -0.25) is 9.58 Å². The van der Waals surface area contributed by atoms with Gasteiger partial charge in [-0.05, 0) is 12.5 Å². The second-order valence-electron chi connectivity index (χ2n) is 4.83. The summed E-state index contributed by atoms with van der Waals surface area (Å²) in [6, 6.07) is 2.20. The fourth-order valence-electron chi connectivity index (χ4n) is 1.98. The zero-order valence-electron chi connectivity index (χ0n) is 11.3. The van der Waals surface area contributed by atoms with Crippen molar-refractivity contribution in [3.05, 3.63) is 17.5 Å². The van der Waals surface area contributed by atoms with E-state index in [0.717, 1.165) is 30.9 Å². The van der Waals surface area contributed by atoms with Gasteiger partial charge in [0.15, 0.2) is 0 Å². The smallest absolute Gasteiger partial charge is 0.0807 e. The molecule has 1 heterocycles. The van der Waals surface area contributed by atoms with Crippen molar-refractivity contribution < 1.29 is 0 Å². The van der Waals surface area contributed by atoms with Crippen LogP contribution < -0.4 is 0 Å². The largest absolute Gasteiger partial charge is 0.297 e. The van der Waals surface area contributed by atoms with E-state index >= 15 is 0 Å². The highest BCUT2D eigenvalue weighted by Crippen LogP contribution is 2.11. The maximum atomic E-state index is 8.79. The molecule has 1 rings (SSSR count). The lowest BCUT2D eigenvalue weighted by Crippen LogP contribution is -2.27. The third kappa shape index (κ3) is 4.20. The normalized spacial score (nSPS) is 11.1. The zero-order valence-corrected chi connectivity index (χ0v) is 11.3. The fraction of sp³-hybridized carbons (Fsp3) is 0.692. The number of hydrogen-bond acceptors (Lipinski definition) is 3. The van der Waals surface area contributed by atoms with Crippen LogP contribution in [0.4, 0.5) is 0 Å². The summed E-state index contributed by atoms with van der Waals surface area (Å²) in [5, 5.41) is 13.2. The number of nitrogens with zero attached hydrogens (tertiary/aromatic N) is 4. The predicted octanol–water partition coefficient (Wildman–Crippen LogP) is 1.96. The van der Waals surface area contributed by atoms with Gasteiger partial charge >= 0.3 is 0 Å². The fourth-order valence-corrected chi connectivity index (χ4v) is 1.98. The van der Waals surface area contributed by atoms with Crippen LogP contribution in [0.5, 0.6) is 0 Å². The summed E-state index contributed by atoms with van der Waals surface area (Å²) in [5.41, 5.74) is 2.09. The Balaban J connectivity index is 2.75. The molecule has 0 aliphatic rings. The Morgan fingerprint density at radius 2 is 2.24 bits per heavy atom. The number of aryl methyl sites for hydroxylation is 1. The van der Waals surface area contributed by atoms with Crippen LogP contribution in [0.3, 0.4) is 0 Å². The quantitative estimate of drug-likeness (QED) is 0.756. The van der Waals surface area contributed by atoms with E-state index < -0.39 is 0 Å². The molecule has 17 heavy (non-hydrogen) atoms. The molecule has 0 aliphatic heterocycles. The van der Waals surface area contributed by atoms with Crippen molar-refractivity contribution >= 4 is 0 Å². The molecule has 0 unspecified atom stereocenters. The van der Waals surface area contributed by atoms with E-state index in [-0.39, 0.29) is 0 Å². The summed E-state index contributed by atoms with van der Waals surface area (Å²) in [6.07, 6.45) is 2.39. The summed E-state index contributed by atoms with van der Waals surface area (Å²) < 4.78 is 1.80. The van der Waals surface area contributed by atoms with Gasteiger partial charge in [0, 0.05) is 31.9 Å². The van der Waals surface area contributed by atoms with Crippen molar-refractivity contribution in [1.82, 2.24) is 14.7 Å². The van der Waals surface area contributed by atoms with E-state index in [9.17, 15) is 0 Å². The molecule has 94 valence electrons. The minimum atomic E-state index is 0.447. The van der Waals surface area contributed by atoms with Gasteiger partial charge in [-0.1, -0.05) is 20.8 Å². The molecule has 0 bridgehead atoms. The Kier molecular flexibility index (Phi) is 5.17. The standard InChI is InChI=1S/C13H22N4/c1-5-17(8-11(2)3)10-13-12(6-7-14)9-16(4)15-13/h9,11H,5-6,8,10H2,1-4H3. The molecule has 0 spiro atoms. The van der Waals surface area contributed by atoms with Gasteiger partial charge in [-0.2, -0.15) is 10.4 Å². The van der Waals surface area contributed by atoms with Crippen LogP contribution in [-0.2, 0) is 20.0 Å². The monoisotopic (exact) mass is 234 g/mol. The Labute approximate surface area is 104 Å². The summed E-state index contributed by atoms with van der Waals surface area (Å²) in [4.78, 5) is 2.37. The molecule has 0 fully saturated rings. The Bertz CT molecular complexity index is 387. The van der Waals surface area contributed by atoms with E-state index in [0.29, 0.717) is 12.3 Å². The first kappa shape index (κ1) is 13.7. The first-order chi connectivity index (χ1) is 8.06. The first-order valence-electron chi connectivity index (χ1n) is 6.17. The van der Waals surface area contributed by atoms with Crippen molar-refractivity contribution in [2.45, 2.75) is 33.7 Å². The Hall–Kier alpha value is -1.34. The third-order valence-corrected chi connectivity index (χ3v) is 2.71. The number of hydrogen-bond donors (Lipinski definition) is 0. The van der Waals surface area contributed by atoms with Gasteiger partial charge in [0.05, 0.1) is 18.2 Å². The van der Waals surface area contributed by atoms with Crippen LogP contribution in [-0.4, -0.2) is 27.8 Å². The maximum Gasteiger partial charge on any atom is 0.0807 e. The predicted molar refractivity (Wildman–Crippen MR) is 68.3 cm³/mol. The molecule has 0 aliphatic carbocycles. The summed E-state index contributed by atoms with van der Waals surface area (Å²) in [5.74, 6) is 0.651. The number of nitriles is 1. The molecule has 1 aromatic rings. The second-order valence-corrected chi connectivity index (χ2v) is 4.83. The van der Waals surface area contributed by atoms with E-state index in [1.54, 1.807) is 4.68 Å². The first-order valence-corrected chi connectivity index (χ1v) is 6.17. The topological polar surface area (TPSA) is 44.9 Å². The number of rotatable bonds is 6. The van der Waals surface area contributed by atoms with Crippen LogP contribution in [0.25, 0.3) is 0 Å². The average Bonchev–Trinajstić information content (AvgIpc) is 2.58. The Morgan fingerprint density at radius 3 is 2.76 bits per heavy atom. The molecular weight excluding hydrogens is 212 g/mol. The van der Waals surface area contributed by atoms with Crippen molar-refractivity contribution in [1.29, 1.82) is 5.26 Å². The Morgan fingerprint density at radius 1 is 1.53 bits per heavy atom. The van der Waals surface area contributed by atoms with Gasteiger partial charge in [0.25, 0.3) is 0 Å². The van der Waals surface area contributed by atoms with Crippen LogP contribution in [0.15, 0.2) is 6.20 Å². The van der Waals surface area contributed by atoms with E-state index in [4.69, 9.17) is 5.26 Å². The van der Waals surface area contributed by atoms with Crippen molar-refractivity contribution in [3.8, 4) is 6.07 Å². The van der Waals surface area contributed by atoms with Gasteiger partial charge in [-0.25, -0.2) is 0 Å². The summed E-state index contributed by atoms with van der Waals surface area (Å²) in [7, 11) is 1.91. The molecule has 0 radical (unpaired) electrons. The maximum absolute atomic E-state index is 8.79. The molecular formula is C13H22N4. The summed E-state index contributed by atoms with van der Waals surface area (Å²) in [6.45, 7) is 9.52. The molecule has 0 aromatic carbocycles. The minimum absolute atomic E-state index is 0.447. The van der Waals surface area contributed by atoms with Crippen LogP contribution >= 0.6 is 0 Å². The minimum Gasteiger partial charge on any atom is -0.297 e. The van der Waals surface area contributed by atoms with Crippen molar-refractivity contribution in [2.75, 3.05) is 13.1 Å². The molecule has 0 saturated carbocycles. The average molecular weight is 234 g/mol. The van der Waals surface area contributed by atoms with Crippen LogP contribution in [0.2, 0.25) is 0 Å². The highest BCUT2D eigenvalue weighted by atomic mass is 15.3. The SMILES string of the molecule is CCN(Cc1nn(C)cc1CC#N)CC(C)C. The lowest BCUT2D eigenvalue weighted by molar-refractivity contribution is 0.244. The second kappa shape index (κ2) is 6.41. The van der Waals surface area contributed by atoms with Crippen LogP contribution in [0, 0.1) is 17.2 Å². The molecule has 4 nitrogen and oxygen atoms in total. The van der Waals surface area contributed by atoms with E-state index in [2.05, 4.69) is 36.8 Å². The molecule has 0 saturated heterocycles. The summed E-state index contributed by atoms with van der Waals surface area (Å²) >= 11 is 0. The molecule has 0 N–H and O–H groups in total. The number of aromatic nitrogens is 2. The molecule has 1 aromatic heterocycles. The van der Waals surface area contributed by atoms with Crippen LogP contribution in [0.1, 0.15) is 32.0 Å². The zero-order chi connectivity index (χ0) is 12.8. The lowest BCUT2D eigenvalue weighted by Gasteiger charge is -2.21. The van der Waals surface area contributed by atoms with Crippen molar-refractivity contribution in [2.24, 2.45) is 13.0 Å². The van der Waals surface area contributed by atoms with Gasteiger partial charge in [-0.15, -0.1) is 0 Å². The van der Waals surface area contributed by atoms with Crippen molar-refractivity contribution in [3.63, 3.8) is 0 Å². The third-order valence-electron chi connectivity index (χ3n) is 2.71. The molecule has 0 atom stereocenters.